The Labute approximate surface area is 86.0 Å². The molecule has 0 spiro atoms. The monoisotopic (exact) mass is 212 g/mol. The molecule has 1 aliphatic heterocycles. The fraction of sp³-hybridized carbons (Fsp3) is 0.556. The highest BCUT2D eigenvalue weighted by atomic mass is 32.1. The topological polar surface area (TPSA) is 62.2 Å². The molecular formula is C9H12N2O2S. The molecule has 2 heterocycles. The molecule has 1 fully saturated rings. The van der Waals surface area contributed by atoms with Crippen molar-refractivity contribution in [2.45, 2.75) is 26.0 Å². The molecule has 0 aromatic carbocycles. The Hall–Kier alpha value is -0.940. The molecule has 1 aliphatic rings. The average molecular weight is 212 g/mol. The Morgan fingerprint density at radius 3 is 2.86 bits per heavy atom. The maximum Gasteiger partial charge on any atom is 0.228 e. The van der Waals surface area contributed by atoms with E-state index >= 15 is 0 Å². The lowest BCUT2D eigenvalue weighted by Gasteiger charge is -2.37. The van der Waals surface area contributed by atoms with Crippen LogP contribution < -0.4 is 5.32 Å². The summed E-state index contributed by atoms with van der Waals surface area (Å²) in [6.07, 6.45) is -0.615. The molecule has 2 rings (SSSR count). The first-order valence-electron chi connectivity index (χ1n) is 4.50. The number of aromatic nitrogens is 1. The van der Waals surface area contributed by atoms with Gasteiger partial charge >= 0.3 is 0 Å². The Morgan fingerprint density at radius 1 is 1.71 bits per heavy atom. The van der Waals surface area contributed by atoms with Crippen molar-refractivity contribution in [2.24, 2.45) is 5.92 Å². The number of nitrogens with zero attached hydrogens (tertiary/aromatic N) is 1. The number of carbonyl (C=O) groups excluding carboxylic acids is 1. The van der Waals surface area contributed by atoms with Gasteiger partial charge in [-0.1, -0.05) is 0 Å². The maximum absolute atomic E-state index is 11.2. The van der Waals surface area contributed by atoms with Gasteiger partial charge in [0.05, 0.1) is 28.8 Å². The summed E-state index contributed by atoms with van der Waals surface area (Å²) >= 11 is 1.55. The summed E-state index contributed by atoms with van der Waals surface area (Å²) in [6.45, 7) is 3.56. The molecule has 1 aromatic heterocycles. The van der Waals surface area contributed by atoms with Crippen molar-refractivity contribution < 1.29 is 9.90 Å². The molecule has 1 saturated heterocycles. The van der Waals surface area contributed by atoms with Crippen LogP contribution in [-0.4, -0.2) is 22.1 Å². The number of nitrogens with one attached hydrogen (secondary N) is 1. The van der Waals surface area contributed by atoms with Crippen LogP contribution in [0.15, 0.2) is 5.38 Å². The first-order chi connectivity index (χ1) is 6.59. The lowest BCUT2D eigenvalue weighted by Crippen LogP contribution is -2.55. The van der Waals surface area contributed by atoms with Gasteiger partial charge in [-0.2, -0.15) is 0 Å². The van der Waals surface area contributed by atoms with Gasteiger partial charge in [0.1, 0.15) is 0 Å². The maximum atomic E-state index is 11.2. The van der Waals surface area contributed by atoms with E-state index in [4.69, 9.17) is 0 Å². The molecule has 2 N–H and O–H groups in total. The highest BCUT2D eigenvalue weighted by Crippen LogP contribution is 2.33. The predicted molar refractivity (Wildman–Crippen MR) is 52.9 cm³/mol. The zero-order valence-corrected chi connectivity index (χ0v) is 8.84. The van der Waals surface area contributed by atoms with Crippen molar-refractivity contribution >= 4 is 17.2 Å². The van der Waals surface area contributed by atoms with Crippen LogP contribution >= 0.6 is 11.3 Å². The molecular weight excluding hydrogens is 200 g/mol. The normalized spacial score (nSPS) is 28.1. The molecule has 3 atom stereocenters. The third-order valence-electron chi connectivity index (χ3n) is 2.43. The minimum absolute atomic E-state index is 0.0874. The number of amides is 1. The van der Waals surface area contributed by atoms with Crippen molar-refractivity contribution in [3.05, 3.63) is 16.1 Å². The molecule has 1 unspecified atom stereocenters. The number of thiazole rings is 1. The van der Waals surface area contributed by atoms with E-state index in [2.05, 4.69) is 10.3 Å². The standard InChI is InChI=1S/C9H12N2O2S/c1-4(12)7-8(11-9(7)13)6-3-14-5(2)10-6/h3-4,7-8,12H,1-2H3,(H,11,13)/t4?,7-,8-/m0/s1. The highest BCUT2D eigenvalue weighted by Gasteiger charge is 2.44. The highest BCUT2D eigenvalue weighted by molar-refractivity contribution is 7.09. The lowest BCUT2D eigenvalue weighted by atomic mass is 9.84. The van der Waals surface area contributed by atoms with Gasteiger partial charge in [0.25, 0.3) is 0 Å². The first kappa shape index (κ1) is 9.61. The van der Waals surface area contributed by atoms with Gasteiger partial charge in [0.2, 0.25) is 5.91 Å². The van der Waals surface area contributed by atoms with Crippen molar-refractivity contribution in [3.63, 3.8) is 0 Å². The van der Waals surface area contributed by atoms with Gasteiger partial charge < -0.3 is 10.4 Å². The molecule has 1 aromatic rings. The van der Waals surface area contributed by atoms with Crippen molar-refractivity contribution in [1.82, 2.24) is 10.3 Å². The van der Waals surface area contributed by atoms with E-state index in [0.29, 0.717) is 0 Å². The number of β-lactam (4-membered cyclic amide) rings is 1. The van der Waals surface area contributed by atoms with E-state index in [0.717, 1.165) is 10.7 Å². The molecule has 1 amide bonds. The predicted octanol–water partition coefficient (Wildman–Crippen LogP) is 0.619. The van der Waals surface area contributed by atoms with E-state index in [1.807, 2.05) is 12.3 Å². The minimum Gasteiger partial charge on any atom is -0.392 e. The van der Waals surface area contributed by atoms with Gasteiger partial charge in [0, 0.05) is 5.38 Å². The second-order valence-electron chi connectivity index (χ2n) is 3.54. The first-order valence-corrected chi connectivity index (χ1v) is 5.38. The second kappa shape index (κ2) is 3.33. The third kappa shape index (κ3) is 1.42. The van der Waals surface area contributed by atoms with Crippen LogP contribution in [0.1, 0.15) is 23.7 Å². The number of hydrogen-bond donors (Lipinski definition) is 2. The van der Waals surface area contributed by atoms with Crippen LogP contribution in [0.4, 0.5) is 0 Å². The van der Waals surface area contributed by atoms with Crippen LogP contribution in [0.2, 0.25) is 0 Å². The number of aryl methyl sites for hydroxylation is 1. The summed E-state index contributed by atoms with van der Waals surface area (Å²) in [5, 5.41) is 15.0. The van der Waals surface area contributed by atoms with Gasteiger partial charge in [0.15, 0.2) is 0 Å². The van der Waals surface area contributed by atoms with Crippen LogP contribution in [0, 0.1) is 12.8 Å². The Morgan fingerprint density at radius 2 is 2.43 bits per heavy atom. The van der Waals surface area contributed by atoms with Crippen molar-refractivity contribution in [1.29, 1.82) is 0 Å². The third-order valence-corrected chi connectivity index (χ3v) is 3.23. The van der Waals surface area contributed by atoms with Crippen molar-refractivity contribution in [2.75, 3.05) is 0 Å². The summed E-state index contributed by atoms with van der Waals surface area (Å²) in [5.41, 5.74) is 0.859. The van der Waals surface area contributed by atoms with Crippen LogP contribution in [0.25, 0.3) is 0 Å². The second-order valence-corrected chi connectivity index (χ2v) is 4.61. The zero-order valence-electron chi connectivity index (χ0n) is 8.02. The summed E-state index contributed by atoms with van der Waals surface area (Å²) in [5.74, 6) is -0.424. The Kier molecular flexibility index (Phi) is 2.28. The van der Waals surface area contributed by atoms with Gasteiger partial charge in [-0.15, -0.1) is 11.3 Å². The number of hydrogen-bond acceptors (Lipinski definition) is 4. The molecule has 76 valence electrons. The smallest absolute Gasteiger partial charge is 0.228 e. The zero-order chi connectivity index (χ0) is 10.3. The molecule has 0 saturated carbocycles. The van der Waals surface area contributed by atoms with E-state index in [1.54, 1.807) is 18.3 Å². The lowest BCUT2D eigenvalue weighted by molar-refractivity contribution is -0.140. The van der Waals surface area contributed by atoms with Crippen LogP contribution in [0.5, 0.6) is 0 Å². The quantitative estimate of drug-likeness (QED) is 0.706. The van der Waals surface area contributed by atoms with Gasteiger partial charge in [-0.25, -0.2) is 4.98 Å². The summed E-state index contributed by atoms with van der Waals surface area (Å²) < 4.78 is 0. The molecule has 0 radical (unpaired) electrons. The molecule has 4 nitrogen and oxygen atoms in total. The Balaban J connectivity index is 2.17. The van der Waals surface area contributed by atoms with E-state index in [-0.39, 0.29) is 17.9 Å². The molecule has 0 bridgehead atoms. The largest absolute Gasteiger partial charge is 0.392 e. The van der Waals surface area contributed by atoms with Gasteiger partial charge in [-0.05, 0) is 13.8 Å². The number of aliphatic hydroxyl groups excluding tert-OH is 1. The Bertz CT molecular complexity index is 361. The molecule has 5 heteroatoms. The van der Waals surface area contributed by atoms with Crippen molar-refractivity contribution in [3.8, 4) is 0 Å². The molecule has 0 aliphatic carbocycles. The fourth-order valence-electron chi connectivity index (χ4n) is 1.67. The number of aliphatic hydroxyl groups is 1. The van der Waals surface area contributed by atoms with E-state index in [1.165, 1.54) is 0 Å². The van der Waals surface area contributed by atoms with E-state index < -0.39 is 6.10 Å². The summed E-state index contributed by atoms with van der Waals surface area (Å²) in [6, 6.07) is -0.104. The average Bonchev–Trinajstić information content (AvgIpc) is 2.45. The number of rotatable bonds is 2. The SMILES string of the molecule is Cc1nc([C@@H]2NC(=O)[C@H]2C(C)O)cs1. The van der Waals surface area contributed by atoms with Crippen LogP contribution in [0.3, 0.4) is 0 Å². The summed E-state index contributed by atoms with van der Waals surface area (Å²) in [7, 11) is 0. The summed E-state index contributed by atoms with van der Waals surface area (Å²) in [4.78, 5) is 15.5. The van der Waals surface area contributed by atoms with Crippen LogP contribution in [-0.2, 0) is 4.79 Å². The fourth-order valence-corrected chi connectivity index (χ4v) is 2.32. The number of carbonyl (C=O) groups is 1. The minimum atomic E-state index is -0.615. The van der Waals surface area contributed by atoms with Gasteiger partial charge in [-0.3, -0.25) is 4.79 Å². The van der Waals surface area contributed by atoms with E-state index in [9.17, 15) is 9.90 Å². The molecule has 14 heavy (non-hydrogen) atoms.